The number of ether oxygens (including phenoxy) is 4. The molecule has 4 N–H and O–H groups in total. The van der Waals surface area contributed by atoms with Crippen molar-refractivity contribution in [2.75, 3.05) is 26.6 Å². The van der Waals surface area contributed by atoms with Gasteiger partial charge in [-0.1, -0.05) is 127 Å². The number of hydrogen-bond acceptors (Lipinski definition) is 12. The number of allylic oxidation sites excluding steroid dienone is 3. The molecule has 2 fully saturated rings. The van der Waals surface area contributed by atoms with Crippen molar-refractivity contribution in [3.05, 3.63) is 211 Å². The van der Waals surface area contributed by atoms with Crippen LogP contribution in [0.25, 0.3) is 17.0 Å². The molecule has 12 nitrogen and oxygen atoms in total. The van der Waals surface area contributed by atoms with E-state index in [1.807, 2.05) is 6.07 Å². The maximum absolute atomic E-state index is 15.7. The number of aryl methyl sites for hydroxylation is 1. The molecule has 4 heterocycles. The van der Waals surface area contributed by atoms with E-state index in [4.69, 9.17) is 23.4 Å². The van der Waals surface area contributed by atoms with Gasteiger partial charge in [-0.15, -0.1) is 0 Å². The largest absolute Gasteiger partial charge is 0.482 e. The summed E-state index contributed by atoms with van der Waals surface area (Å²) in [5, 5.41) is 42.1. The molecule has 3 aliphatic heterocycles. The van der Waals surface area contributed by atoms with Gasteiger partial charge in [0.1, 0.15) is 18.1 Å². The van der Waals surface area contributed by atoms with Crippen LogP contribution in [0.15, 0.2) is 154 Å². The van der Waals surface area contributed by atoms with Gasteiger partial charge in [0.15, 0.2) is 17.8 Å². The van der Waals surface area contributed by atoms with Crippen LogP contribution in [-0.4, -0.2) is 70.7 Å². The molecule has 414 valence electrons. The van der Waals surface area contributed by atoms with E-state index in [1.54, 1.807) is 19.1 Å². The molecule has 1 aromatic heterocycles. The van der Waals surface area contributed by atoms with Crippen LogP contribution in [0.5, 0.6) is 5.75 Å². The van der Waals surface area contributed by atoms with Gasteiger partial charge in [-0.25, -0.2) is 9.59 Å². The number of benzene rings is 5. The molecule has 0 radical (unpaired) electrons. The summed E-state index contributed by atoms with van der Waals surface area (Å²) in [6.45, 7) is -0.322. The fraction of sp³-hybridized carbons (Fsp3) is 0.397. The fourth-order valence-electron chi connectivity index (χ4n) is 15.1. The molecule has 13 rings (SSSR count). The highest BCUT2D eigenvalue weighted by Crippen LogP contribution is 2.64. The highest BCUT2D eigenvalue weighted by Gasteiger charge is 2.65. The number of aliphatic hydroxyl groups is 4. The number of fused-ring (bicyclic) bond motifs is 17. The third-order valence-electron chi connectivity index (χ3n) is 18.8. The molecule has 7 aliphatic rings. The first-order chi connectivity index (χ1) is 39.1. The Morgan fingerprint density at radius 1 is 0.812 bits per heavy atom. The maximum atomic E-state index is 15.7. The maximum Gasteiger partial charge on any atom is 0.340 e. The summed E-state index contributed by atoms with van der Waals surface area (Å²) in [4.78, 5) is 45.8. The first-order valence-corrected chi connectivity index (χ1v) is 28.7. The molecule has 2 saturated carbocycles. The van der Waals surface area contributed by atoms with Gasteiger partial charge in [0.05, 0.1) is 25.4 Å². The molecule has 12 heteroatoms. The van der Waals surface area contributed by atoms with Gasteiger partial charge in [0.2, 0.25) is 0 Å². The van der Waals surface area contributed by atoms with E-state index in [0.29, 0.717) is 48.0 Å². The number of carbonyl (C=O) groups excluding carboxylic acids is 2. The molecule has 6 aromatic rings. The van der Waals surface area contributed by atoms with Crippen molar-refractivity contribution in [3.63, 3.8) is 0 Å². The topological polar surface area (TPSA) is 182 Å². The monoisotopic (exact) mass is 1080 g/mol. The average Bonchev–Trinajstić information content (AvgIpc) is 4.07. The van der Waals surface area contributed by atoms with Gasteiger partial charge in [-0.2, -0.15) is 0 Å². The van der Waals surface area contributed by atoms with Crippen molar-refractivity contribution in [3.8, 4) is 5.75 Å². The third kappa shape index (κ3) is 9.97. The lowest BCUT2D eigenvalue weighted by atomic mass is 9.63. The van der Waals surface area contributed by atoms with Gasteiger partial charge in [0.25, 0.3) is 0 Å². The molecule has 5 aromatic carbocycles. The molecule has 1 spiro atoms. The highest BCUT2D eigenvalue weighted by atomic mass is 16.6. The number of carbonyl (C=O) groups is 2. The van der Waals surface area contributed by atoms with Crippen molar-refractivity contribution in [2.24, 2.45) is 23.7 Å². The fourth-order valence-corrected chi connectivity index (χ4v) is 15.1. The molecule has 2 bridgehead atoms. The van der Waals surface area contributed by atoms with Gasteiger partial charge in [-0.3, -0.25) is 4.79 Å². The number of aliphatic hydroxyl groups excluding tert-OH is 4. The van der Waals surface area contributed by atoms with E-state index in [1.165, 1.54) is 22.3 Å². The van der Waals surface area contributed by atoms with E-state index >= 15 is 9.59 Å². The van der Waals surface area contributed by atoms with E-state index in [-0.39, 0.29) is 103 Å². The number of hydrogen-bond donors (Lipinski definition) is 4. The first kappa shape index (κ1) is 53.7. The second-order valence-electron chi connectivity index (χ2n) is 23.1. The number of esters is 2. The summed E-state index contributed by atoms with van der Waals surface area (Å²) in [7, 11) is 0. The highest BCUT2D eigenvalue weighted by molar-refractivity contribution is 5.90. The van der Waals surface area contributed by atoms with E-state index in [2.05, 4.69) is 121 Å². The summed E-state index contributed by atoms with van der Waals surface area (Å²) in [6.07, 6.45) is 11.5. The zero-order chi connectivity index (χ0) is 55.1. The lowest BCUT2D eigenvalue weighted by Crippen LogP contribution is -2.62. The van der Waals surface area contributed by atoms with Crippen LogP contribution in [0, 0.1) is 23.7 Å². The first-order valence-electron chi connectivity index (χ1n) is 28.7. The van der Waals surface area contributed by atoms with Gasteiger partial charge in [-0.05, 0) is 151 Å². The predicted octanol–water partition coefficient (Wildman–Crippen LogP) is 11.0. The predicted molar refractivity (Wildman–Crippen MR) is 303 cm³/mol. The lowest BCUT2D eigenvalue weighted by Gasteiger charge is -2.53. The summed E-state index contributed by atoms with van der Waals surface area (Å²) >= 11 is 0. The van der Waals surface area contributed by atoms with Crippen molar-refractivity contribution in [1.29, 1.82) is 0 Å². The molecule has 0 amide bonds. The molecule has 11 atom stereocenters. The van der Waals surface area contributed by atoms with Gasteiger partial charge in [0, 0.05) is 53.2 Å². The Balaban J connectivity index is 1.02. The summed E-state index contributed by atoms with van der Waals surface area (Å²) < 4.78 is 33.5. The Kier molecular flexibility index (Phi) is 15.4. The standard InChI is InChI=1S/C68H70O12/c1-40(36-70)50-23-18-41-16-19-45(20-17-41)51-24-22-47(46-13-7-11-43(32-46)31-42-9-3-2-4-10-42)33-49(51)34-60(73)77-64-62-59(27-26-55-57(37-71)61(67(75)78-63(55)62)48(28-30-69)38-76-39-72)80-68(65(64)79-66(50)74)29-8-15-54-53-25-21-44-12-5-6-14-52(44)56(53)35-58(54)68/h2-7,9-14,16-17,19-22,24-27,32,47-49,51,53-54,56,58,64-65,69-72H,8,15,18,23,28-31,33-39H2,1H3/b50-40-/t47-,48-,49+,51+,53-,54+,56-,58-,64-,65+,68+/m1/s1. The third-order valence-corrected chi connectivity index (χ3v) is 18.8. The van der Waals surface area contributed by atoms with Crippen molar-refractivity contribution in [1.82, 2.24) is 0 Å². The van der Waals surface area contributed by atoms with Crippen LogP contribution in [0.2, 0.25) is 0 Å². The molecule has 0 unspecified atom stereocenters. The lowest BCUT2D eigenvalue weighted by molar-refractivity contribution is -0.212. The second-order valence-corrected chi connectivity index (χ2v) is 23.1. The van der Waals surface area contributed by atoms with Crippen molar-refractivity contribution < 1.29 is 53.4 Å². The average molecular weight is 1080 g/mol. The molecule has 80 heavy (non-hydrogen) atoms. The quantitative estimate of drug-likeness (QED) is 0.0317. The summed E-state index contributed by atoms with van der Waals surface area (Å²) in [5.41, 5.74) is 7.30. The Bertz CT molecular complexity index is 3430. The van der Waals surface area contributed by atoms with Crippen LogP contribution >= 0.6 is 0 Å². The Hall–Kier alpha value is -6.93. The summed E-state index contributed by atoms with van der Waals surface area (Å²) in [6, 6.07) is 39.5. The molecule has 0 saturated heterocycles. The van der Waals surface area contributed by atoms with E-state index in [9.17, 15) is 25.2 Å². The van der Waals surface area contributed by atoms with Crippen LogP contribution in [-0.2, 0) is 43.2 Å². The van der Waals surface area contributed by atoms with Gasteiger partial charge < -0.3 is 43.8 Å². The van der Waals surface area contributed by atoms with Crippen LogP contribution in [0.4, 0.5) is 0 Å². The van der Waals surface area contributed by atoms with Gasteiger partial charge >= 0.3 is 17.6 Å². The van der Waals surface area contributed by atoms with Crippen molar-refractivity contribution >= 4 is 29.0 Å². The van der Waals surface area contributed by atoms with Crippen LogP contribution in [0.1, 0.15) is 144 Å². The van der Waals surface area contributed by atoms with E-state index in [0.717, 1.165) is 36.0 Å². The zero-order valence-electron chi connectivity index (χ0n) is 45.2. The van der Waals surface area contributed by atoms with Crippen LogP contribution in [0.3, 0.4) is 0 Å². The second kappa shape index (κ2) is 22.9. The molecule has 4 aliphatic carbocycles. The minimum Gasteiger partial charge on any atom is -0.482 e. The minimum atomic E-state index is -1.38. The SMILES string of the molecule is C/C(CO)=C1\CCc2ccc(cc2)[C@@H]2C=C[C@@H](c3cccc(Cc4ccccc4)c3)C[C@H]2CC(=O)O[C@@H]2c3c(ccc4c(CO)c([C@H](CCO)COCO)c(=O)oc34)O[C@]3(CCC[C@H]4[C@H]5C=Cc6ccccc6[C@H]5C[C@H]43)[C@H]2OC1=O. The minimum absolute atomic E-state index is 0.00166. The smallest absolute Gasteiger partial charge is 0.340 e. The van der Waals surface area contributed by atoms with E-state index < -0.39 is 54.7 Å². The Morgan fingerprint density at radius 2 is 1.62 bits per heavy atom. The number of rotatable bonds is 11. The zero-order valence-corrected chi connectivity index (χ0v) is 45.2. The normalized spacial score (nSPS) is 27.9. The van der Waals surface area contributed by atoms with Crippen LogP contribution < -0.4 is 10.4 Å². The molecular weight excluding hydrogens is 1010 g/mol. The summed E-state index contributed by atoms with van der Waals surface area (Å²) in [5.74, 6) is -1.78. The molecular formula is C68H70O12. The Labute approximate surface area is 466 Å². The van der Waals surface area contributed by atoms with Crippen molar-refractivity contribution in [2.45, 2.75) is 119 Å². The Morgan fingerprint density at radius 3 is 2.42 bits per heavy atom.